The Hall–Kier alpha value is -2.37. The topological polar surface area (TPSA) is 62.7 Å². The van der Waals surface area contributed by atoms with Gasteiger partial charge in [-0.15, -0.1) is 5.10 Å². The van der Waals surface area contributed by atoms with Crippen LogP contribution in [0.5, 0.6) is 0 Å². The van der Waals surface area contributed by atoms with Gasteiger partial charge in [0.25, 0.3) is 0 Å². The second-order valence-electron chi connectivity index (χ2n) is 5.10. The van der Waals surface area contributed by atoms with E-state index < -0.39 is 0 Å². The molecule has 1 aromatic heterocycles. The zero-order valence-corrected chi connectivity index (χ0v) is 14.2. The van der Waals surface area contributed by atoms with Crippen LogP contribution in [-0.4, -0.2) is 21.7 Å². The molecule has 0 bridgehead atoms. The van der Waals surface area contributed by atoms with Gasteiger partial charge in [0.1, 0.15) is 0 Å². The van der Waals surface area contributed by atoms with Crippen LogP contribution in [0.2, 0.25) is 10.0 Å². The number of halogens is 2. The third kappa shape index (κ3) is 4.81. The van der Waals surface area contributed by atoms with Gasteiger partial charge in [0, 0.05) is 22.3 Å². The van der Waals surface area contributed by atoms with Crippen molar-refractivity contribution in [3.05, 3.63) is 70.3 Å². The lowest BCUT2D eigenvalue weighted by Gasteiger charge is -2.08. The first kappa shape index (κ1) is 16.5. The molecule has 24 heavy (non-hydrogen) atoms. The fourth-order valence-corrected chi connectivity index (χ4v) is 2.44. The Morgan fingerprint density at radius 2 is 1.79 bits per heavy atom. The lowest BCUT2D eigenvalue weighted by molar-refractivity contribution is 0.950. The molecule has 0 unspecified atom stereocenters. The van der Waals surface area contributed by atoms with E-state index in [0.717, 1.165) is 23.7 Å². The SMILES string of the molecule is Clc1ccc(CCNc2cnnc(Nc3cccc(Cl)c3)n2)cc1. The smallest absolute Gasteiger partial charge is 0.249 e. The van der Waals surface area contributed by atoms with E-state index in [-0.39, 0.29) is 0 Å². The van der Waals surface area contributed by atoms with Crippen molar-refractivity contribution in [2.24, 2.45) is 0 Å². The van der Waals surface area contributed by atoms with Crippen molar-refractivity contribution < 1.29 is 0 Å². The minimum atomic E-state index is 0.411. The molecule has 5 nitrogen and oxygen atoms in total. The molecule has 122 valence electrons. The van der Waals surface area contributed by atoms with Crippen molar-refractivity contribution in [3.8, 4) is 0 Å². The molecule has 2 N–H and O–H groups in total. The van der Waals surface area contributed by atoms with Gasteiger partial charge in [0.05, 0.1) is 6.20 Å². The molecule has 0 saturated heterocycles. The van der Waals surface area contributed by atoms with Gasteiger partial charge in [-0.1, -0.05) is 41.4 Å². The summed E-state index contributed by atoms with van der Waals surface area (Å²) in [5, 5.41) is 15.6. The quantitative estimate of drug-likeness (QED) is 0.674. The summed E-state index contributed by atoms with van der Waals surface area (Å²) in [4.78, 5) is 4.38. The van der Waals surface area contributed by atoms with Gasteiger partial charge in [-0.2, -0.15) is 10.1 Å². The third-order valence-corrected chi connectivity index (χ3v) is 3.76. The molecule has 3 aromatic rings. The molecule has 0 aliphatic heterocycles. The molecule has 7 heteroatoms. The van der Waals surface area contributed by atoms with E-state index in [0.29, 0.717) is 16.8 Å². The maximum Gasteiger partial charge on any atom is 0.249 e. The van der Waals surface area contributed by atoms with Crippen molar-refractivity contribution in [2.45, 2.75) is 6.42 Å². The van der Waals surface area contributed by atoms with E-state index in [2.05, 4.69) is 25.8 Å². The summed E-state index contributed by atoms with van der Waals surface area (Å²) in [6.07, 6.45) is 2.45. The summed E-state index contributed by atoms with van der Waals surface area (Å²) in [5.41, 5.74) is 2.01. The number of anilines is 3. The highest BCUT2D eigenvalue weighted by atomic mass is 35.5. The summed E-state index contributed by atoms with van der Waals surface area (Å²) in [7, 11) is 0. The Morgan fingerprint density at radius 1 is 0.958 bits per heavy atom. The average molecular weight is 360 g/mol. The lowest BCUT2D eigenvalue weighted by atomic mass is 10.1. The molecular weight excluding hydrogens is 345 g/mol. The van der Waals surface area contributed by atoms with Crippen LogP contribution in [0.3, 0.4) is 0 Å². The van der Waals surface area contributed by atoms with E-state index >= 15 is 0 Å². The minimum Gasteiger partial charge on any atom is -0.368 e. The van der Waals surface area contributed by atoms with Crippen molar-refractivity contribution in [1.82, 2.24) is 15.2 Å². The number of rotatable bonds is 6. The zero-order valence-electron chi connectivity index (χ0n) is 12.7. The first-order valence-electron chi connectivity index (χ1n) is 7.40. The molecule has 0 amide bonds. The molecule has 0 atom stereocenters. The van der Waals surface area contributed by atoms with Gasteiger partial charge in [0.15, 0.2) is 5.82 Å². The van der Waals surface area contributed by atoms with Crippen LogP contribution in [0.1, 0.15) is 5.56 Å². The third-order valence-electron chi connectivity index (χ3n) is 3.27. The predicted molar refractivity (Wildman–Crippen MR) is 98.2 cm³/mol. The van der Waals surface area contributed by atoms with Crippen LogP contribution in [0.25, 0.3) is 0 Å². The molecule has 3 rings (SSSR count). The van der Waals surface area contributed by atoms with E-state index in [1.54, 1.807) is 18.3 Å². The molecule has 0 fully saturated rings. The molecule has 0 radical (unpaired) electrons. The highest BCUT2D eigenvalue weighted by Gasteiger charge is 2.02. The largest absolute Gasteiger partial charge is 0.368 e. The normalized spacial score (nSPS) is 10.4. The number of aromatic nitrogens is 3. The van der Waals surface area contributed by atoms with Crippen molar-refractivity contribution >= 4 is 40.7 Å². The van der Waals surface area contributed by atoms with Gasteiger partial charge in [-0.25, -0.2) is 0 Å². The van der Waals surface area contributed by atoms with Crippen LogP contribution in [0.4, 0.5) is 17.5 Å². The molecular formula is C17H15Cl2N5. The monoisotopic (exact) mass is 359 g/mol. The first-order valence-corrected chi connectivity index (χ1v) is 8.15. The second-order valence-corrected chi connectivity index (χ2v) is 5.98. The van der Waals surface area contributed by atoms with Crippen LogP contribution in [0, 0.1) is 0 Å². The number of benzene rings is 2. The highest BCUT2D eigenvalue weighted by Crippen LogP contribution is 2.18. The maximum atomic E-state index is 5.96. The fourth-order valence-electron chi connectivity index (χ4n) is 2.12. The zero-order chi connectivity index (χ0) is 16.8. The number of nitrogens with one attached hydrogen (secondary N) is 2. The number of hydrogen-bond acceptors (Lipinski definition) is 5. The van der Waals surface area contributed by atoms with Crippen LogP contribution < -0.4 is 10.6 Å². The van der Waals surface area contributed by atoms with E-state index in [9.17, 15) is 0 Å². The molecule has 0 aliphatic rings. The summed E-state index contributed by atoms with van der Waals surface area (Å²) < 4.78 is 0. The van der Waals surface area contributed by atoms with Gasteiger partial charge < -0.3 is 10.6 Å². The van der Waals surface area contributed by atoms with Crippen molar-refractivity contribution in [2.75, 3.05) is 17.2 Å². The van der Waals surface area contributed by atoms with Gasteiger partial charge in [-0.05, 0) is 42.3 Å². The Balaban J connectivity index is 1.57. The molecule has 0 saturated carbocycles. The van der Waals surface area contributed by atoms with Gasteiger partial charge >= 0.3 is 0 Å². The molecule has 1 heterocycles. The fraction of sp³-hybridized carbons (Fsp3) is 0.118. The van der Waals surface area contributed by atoms with Gasteiger partial charge in [-0.3, -0.25) is 0 Å². The molecule has 0 spiro atoms. The Morgan fingerprint density at radius 3 is 2.58 bits per heavy atom. The minimum absolute atomic E-state index is 0.411. The van der Waals surface area contributed by atoms with Crippen molar-refractivity contribution in [1.29, 1.82) is 0 Å². The molecule has 2 aromatic carbocycles. The summed E-state index contributed by atoms with van der Waals surface area (Å²) >= 11 is 11.8. The average Bonchev–Trinajstić information content (AvgIpc) is 2.57. The second kappa shape index (κ2) is 7.95. The number of hydrogen-bond donors (Lipinski definition) is 2. The molecule has 0 aliphatic carbocycles. The van der Waals surface area contributed by atoms with Crippen LogP contribution in [0.15, 0.2) is 54.7 Å². The van der Waals surface area contributed by atoms with E-state index in [1.807, 2.05) is 36.4 Å². The Kier molecular flexibility index (Phi) is 5.46. The van der Waals surface area contributed by atoms with Crippen LogP contribution in [-0.2, 0) is 6.42 Å². The first-order chi connectivity index (χ1) is 11.7. The predicted octanol–water partition coefficient (Wildman–Crippen LogP) is 4.58. The highest BCUT2D eigenvalue weighted by molar-refractivity contribution is 6.31. The van der Waals surface area contributed by atoms with Crippen molar-refractivity contribution in [3.63, 3.8) is 0 Å². The maximum absolute atomic E-state index is 5.96. The van der Waals surface area contributed by atoms with E-state index in [1.165, 1.54) is 5.56 Å². The standard InChI is InChI=1S/C17H15Cl2N5/c18-13-6-4-12(5-7-13)8-9-20-16-11-21-24-17(23-16)22-15-3-1-2-14(19)10-15/h1-7,10-11H,8-9H2,(H2,20,22,23,24). The summed E-state index contributed by atoms with van der Waals surface area (Å²) in [6, 6.07) is 15.1. The Labute approximate surface area is 150 Å². The van der Waals surface area contributed by atoms with Crippen LogP contribution >= 0.6 is 23.2 Å². The van der Waals surface area contributed by atoms with Gasteiger partial charge in [0.2, 0.25) is 5.95 Å². The van der Waals surface area contributed by atoms with E-state index in [4.69, 9.17) is 23.2 Å². The Bertz CT molecular complexity index is 808. The summed E-state index contributed by atoms with van der Waals surface area (Å²) in [6.45, 7) is 0.733. The summed E-state index contributed by atoms with van der Waals surface area (Å²) in [5.74, 6) is 1.07. The number of nitrogens with zero attached hydrogens (tertiary/aromatic N) is 3. The lowest BCUT2D eigenvalue weighted by Crippen LogP contribution is -2.08.